The first-order chi connectivity index (χ1) is 10.3. The Morgan fingerprint density at radius 3 is 2.95 bits per heavy atom. The molecule has 3 heteroatoms. The van der Waals surface area contributed by atoms with Crippen LogP contribution in [-0.4, -0.2) is 48.1 Å². The molecule has 2 aliphatic rings. The highest BCUT2D eigenvalue weighted by Gasteiger charge is 2.28. The molecular formula is C18H27N2O+. The van der Waals surface area contributed by atoms with Gasteiger partial charge in [-0.3, -0.25) is 9.48 Å². The maximum absolute atomic E-state index is 5.93. The summed E-state index contributed by atoms with van der Waals surface area (Å²) in [6.45, 7) is 7.61. The molecule has 2 heterocycles. The predicted molar refractivity (Wildman–Crippen MR) is 86.3 cm³/mol. The van der Waals surface area contributed by atoms with E-state index in [-0.39, 0.29) is 0 Å². The van der Waals surface area contributed by atoms with Crippen LogP contribution in [0, 0.1) is 6.92 Å². The second kappa shape index (κ2) is 6.97. The fourth-order valence-corrected chi connectivity index (χ4v) is 3.45. The molecule has 0 aromatic heterocycles. The third kappa shape index (κ3) is 3.78. The summed E-state index contributed by atoms with van der Waals surface area (Å²) in [5, 5.41) is 0. The van der Waals surface area contributed by atoms with Crippen LogP contribution in [0.5, 0.6) is 5.75 Å². The van der Waals surface area contributed by atoms with Crippen molar-refractivity contribution in [2.75, 3.05) is 32.8 Å². The Hall–Kier alpha value is -1.51. The van der Waals surface area contributed by atoms with Gasteiger partial charge in [0.2, 0.25) is 5.84 Å². The van der Waals surface area contributed by atoms with Gasteiger partial charge in [0.1, 0.15) is 18.9 Å². The first-order valence-electron chi connectivity index (χ1n) is 8.38. The molecule has 0 atom stereocenters. The Morgan fingerprint density at radius 1 is 1.14 bits per heavy atom. The van der Waals surface area contributed by atoms with Crippen molar-refractivity contribution in [2.24, 2.45) is 0 Å². The van der Waals surface area contributed by atoms with Crippen LogP contribution in [0.25, 0.3) is 0 Å². The van der Waals surface area contributed by atoms with Gasteiger partial charge >= 0.3 is 0 Å². The maximum Gasteiger partial charge on any atom is 0.246 e. The molecule has 2 aliphatic heterocycles. The number of ether oxygens (including phenoxy) is 1. The molecule has 0 bridgehead atoms. The van der Waals surface area contributed by atoms with Crippen LogP contribution in [0.1, 0.15) is 37.7 Å². The molecule has 0 saturated heterocycles. The van der Waals surface area contributed by atoms with Crippen LogP contribution in [0.15, 0.2) is 24.3 Å². The molecule has 21 heavy (non-hydrogen) atoms. The fraction of sp³-hybridized carbons (Fsp3) is 0.611. The molecule has 114 valence electrons. The highest BCUT2D eigenvalue weighted by Crippen LogP contribution is 2.16. The SMILES string of the molecule is Cc1cccc(OCCN2CCC[N+]3=C2CCCCC3)c1. The minimum Gasteiger partial charge on any atom is -0.490 e. The molecular weight excluding hydrogens is 260 g/mol. The van der Waals surface area contributed by atoms with Gasteiger partial charge in [-0.05, 0) is 43.9 Å². The van der Waals surface area contributed by atoms with Gasteiger partial charge in [0.25, 0.3) is 0 Å². The van der Waals surface area contributed by atoms with E-state index in [4.69, 9.17) is 4.74 Å². The van der Waals surface area contributed by atoms with E-state index in [0.717, 1.165) is 18.9 Å². The molecule has 0 unspecified atom stereocenters. The number of amidine groups is 1. The smallest absolute Gasteiger partial charge is 0.246 e. The van der Waals surface area contributed by atoms with Gasteiger partial charge < -0.3 is 4.74 Å². The number of rotatable bonds is 4. The second-order valence-electron chi connectivity index (χ2n) is 6.22. The summed E-state index contributed by atoms with van der Waals surface area (Å²) in [4.78, 5) is 2.56. The van der Waals surface area contributed by atoms with Gasteiger partial charge in [-0.25, -0.2) is 0 Å². The Labute approximate surface area is 128 Å². The summed E-state index contributed by atoms with van der Waals surface area (Å²) in [5.41, 5.74) is 1.26. The van der Waals surface area contributed by atoms with Crippen molar-refractivity contribution in [1.82, 2.24) is 4.90 Å². The normalized spacial score (nSPS) is 19.2. The van der Waals surface area contributed by atoms with Crippen molar-refractivity contribution in [1.29, 1.82) is 0 Å². The number of benzene rings is 1. The zero-order valence-corrected chi connectivity index (χ0v) is 13.2. The lowest BCUT2D eigenvalue weighted by Gasteiger charge is -2.26. The molecule has 0 fully saturated rings. The lowest BCUT2D eigenvalue weighted by atomic mass is 10.2. The van der Waals surface area contributed by atoms with Crippen LogP contribution in [0.4, 0.5) is 0 Å². The van der Waals surface area contributed by atoms with E-state index < -0.39 is 0 Å². The third-order valence-corrected chi connectivity index (χ3v) is 4.53. The summed E-state index contributed by atoms with van der Waals surface area (Å²) in [6.07, 6.45) is 6.63. The summed E-state index contributed by atoms with van der Waals surface area (Å²) in [5.74, 6) is 2.57. The van der Waals surface area contributed by atoms with E-state index in [1.54, 1.807) is 5.84 Å². The topological polar surface area (TPSA) is 15.5 Å². The molecule has 0 N–H and O–H groups in total. The molecule has 0 aliphatic carbocycles. The molecule has 0 saturated carbocycles. The van der Waals surface area contributed by atoms with Crippen LogP contribution >= 0.6 is 0 Å². The lowest BCUT2D eigenvalue weighted by molar-refractivity contribution is -0.539. The molecule has 0 radical (unpaired) electrons. The van der Waals surface area contributed by atoms with Crippen molar-refractivity contribution in [3.63, 3.8) is 0 Å². The Morgan fingerprint density at radius 2 is 2.05 bits per heavy atom. The number of hydrogen-bond donors (Lipinski definition) is 0. The van der Waals surface area contributed by atoms with E-state index >= 15 is 0 Å². The van der Waals surface area contributed by atoms with Gasteiger partial charge in [0.15, 0.2) is 0 Å². The number of nitrogens with zero attached hydrogens (tertiary/aromatic N) is 2. The molecule has 3 rings (SSSR count). The van der Waals surface area contributed by atoms with Crippen molar-refractivity contribution < 1.29 is 9.31 Å². The molecule has 0 amide bonds. The monoisotopic (exact) mass is 287 g/mol. The molecule has 1 aromatic rings. The van der Waals surface area contributed by atoms with E-state index in [9.17, 15) is 0 Å². The van der Waals surface area contributed by atoms with Crippen LogP contribution in [0.3, 0.4) is 0 Å². The summed E-state index contributed by atoms with van der Waals surface area (Å²) in [7, 11) is 0. The molecule has 3 nitrogen and oxygen atoms in total. The van der Waals surface area contributed by atoms with E-state index in [0.29, 0.717) is 0 Å². The largest absolute Gasteiger partial charge is 0.490 e. The van der Waals surface area contributed by atoms with E-state index in [1.165, 1.54) is 57.3 Å². The maximum atomic E-state index is 5.93. The highest BCUT2D eigenvalue weighted by molar-refractivity contribution is 5.78. The van der Waals surface area contributed by atoms with Gasteiger partial charge in [-0.15, -0.1) is 0 Å². The van der Waals surface area contributed by atoms with Crippen molar-refractivity contribution >= 4 is 5.84 Å². The quantitative estimate of drug-likeness (QED) is 0.791. The first kappa shape index (κ1) is 14.4. The van der Waals surface area contributed by atoms with Gasteiger partial charge in [0, 0.05) is 12.8 Å². The average Bonchev–Trinajstić information content (AvgIpc) is 2.73. The minimum absolute atomic E-state index is 0.779. The van der Waals surface area contributed by atoms with Crippen LogP contribution in [-0.2, 0) is 0 Å². The summed E-state index contributed by atoms with van der Waals surface area (Å²) < 4.78 is 8.54. The summed E-state index contributed by atoms with van der Waals surface area (Å²) in [6, 6.07) is 8.33. The standard InChI is InChI=1S/C18H27N2O/c1-16-7-5-8-17(15-16)21-14-13-20-12-6-11-19-10-4-2-3-9-18(19)20/h5,7-8,15H,2-4,6,9-14H2,1H3/q+1. The Balaban J connectivity index is 1.57. The van der Waals surface area contributed by atoms with Gasteiger partial charge in [0.05, 0.1) is 19.6 Å². The molecule has 0 spiro atoms. The van der Waals surface area contributed by atoms with Crippen molar-refractivity contribution in [3.05, 3.63) is 29.8 Å². The first-order valence-corrected chi connectivity index (χ1v) is 8.38. The van der Waals surface area contributed by atoms with Crippen molar-refractivity contribution in [2.45, 2.75) is 39.0 Å². The van der Waals surface area contributed by atoms with Crippen LogP contribution in [0.2, 0.25) is 0 Å². The third-order valence-electron chi connectivity index (χ3n) is 4.53. The fourth-order valence-electron chi connectivity index (χ4n) is 3.45. The average molecular weight is 287 g/mol. The molecule has 1 aromatic carbocycles. The van der Waals surface area contributed by atoms with E-state index in [2.05, 4.69) is 34.6 Å². The lowest BCUT2D eigenvalue weighted by Crippen LogP contribution is -2.45. The Bertz CT molecular complexity index is 510. The number of hydrogen-bond acceptors (Lipinski definition) is 2. The predicted octanol–water partition coefficient (Wildman–Crippen LogP) is 3.06. The summed E-state index contributed by atoms with van der Waals surface area (Å²) >= 11 is 0. The Kier molecular flexibility index (Phi) is 4.79. The van der Waals surface area contributed by atoms with E-state index in [1.807, 2.05) is 6.07 Å². The van der Waals surface area contributed by atoms with Gasteiger partial charge in [-0.2, -0.15) is 0 Å². The van der Waals surface area contributed by atoms with Crippen LogP contribution < -0.4 is 4.74 Å². The highest BCUT2D eigenvalue weighted by atomic mass is 16.5. The van der Waals surface area contributed by atoms with Gasteiger partial charge in [-0.1, -0.05) is 12.1 Å². The second-order valence-corrected chi connectivity index (χ2v) is 6.22. The van der Waals surface area contributed by atoms with Crippen molar-refractivity contribution in [3.8, 4) is 5.75 Å². The minimum atomic E-state index is 0.779. The zero-order valence-electron chi connectivity index (χ0n) is 13.2. The number of aryl methyl sites for hydroxylation is 1. The zero-order chi connectivity index (χ0) is 14.5.